The maximum absolute atomic E-state index is 15.9. The van der Waals surface area contributed by atoms with Gasteiger partial charge < -0.3 is 4.42 Å². The molecular weight excluding hydrogens is 545 g/mol. The van der Waals surface area contributed by atoms with Crippen molar-refractivity contribution >= 4 is 110 Å². The minimum Gasteiger partial charge on any atom is -0.456 e. The van der Waals surface area contributed by atoms with E-state index in [4.69, 9.17) is 43.6 Å². The van der Waals surface area contributed by atoms with Gasteiger partial charge >= 0.3 is 0 Å². The summed E-state index contributed by atoms with van der Waals surface area (Å²) >= 11 is 0. The quantitative estimate of drug-likeness (QED) is 0.276. The van der Waals surface area contributed by atoms with Crippen molar-refractivity contribution in [1.82, 2.24) is 0 Å². The van der Waals surface area contributed by atoms with Gasteiger partial charge in [0.25, 0.3) is 0 Å². The molecule has 8 aromatic rings. The molecule has 0 fully saturated rings. The summed E-state index contributed by atoms with van der Waals surface area (Å²) in [4.78, 5) is 0. The Bertz CT molecular complexity index is 2490. The zero-order valence-electron chi connectivity index (χ0n) is 24.1. The monoisotopic (exact) mass is 564 g/mol. The highest BCUT2D eigenvalue weighted by Crippen LogP contribution is 2.41. The van der Waals surface area contributed by atoms with Crippen molar-refractivity contribution in [2.75, 3.05) is 0 Å². The van der Waals surface area contributed by atoms with Gasteiger partial charge in [-0.05, 0) is 79.7 Å². The van der Waals surface area contributed by atoms with E-state index >= 15 is 4.39 Å². The average molecular weight is 564 g/mol. The summed E-state index contributed by atoms with van der Waals surface area (Å²) < 4.78 is 22.2. The molecule has 0 aliphatic heterocycles. The Morgan fingerprint density at radius 1 is 0.422 bits per heavy atom. The lowest BCUT2D eigenvalue weighted by molar-refractivity contribution is 0.632. The van der Waals surface area contributed by atoms with E-state index in [1.54, 1.807) is 12.1 Å². The Balaban J connectivity index is 1.35. The minimum atomic E-state index is -0.434. The molecule has 0 saturated carbocycles. The van der Waals surface area contributed by atoms with Crippen molar-refractivity contribution in [2.45, 2.75) is 0 Å². The molecule has 0 spiro atoms. The SMILES string of the molecule is [B]c1c([B])c([B])c(-c2cccc(F)c2-c2ccc(-c3ccc4oc5cc6ccccc6cc5c4c3)c3ccccc23)c([B])c1[B]. The summed E-state index contributed by atoms with van der Waals surface area (Å²) in [6.45, 7) is 0. The molecule has 7 aromatic carbocycles. The van der Waals surface area contributed by atoms with Crippen LogP contribution in [0.2, 0.25) is 0 Å². The molecule has 1 heterocycles. The molecule has 0 unspecified atom stereocenters. The van der Waals surface area contributed by atoms with Crippen LogP contribution in [0.25, 0.3) is 76.9 Å². The van der Waals surface area contributed by atoms with E-state index in [2.05, 4.69) is 36.4 Å². The first-order valence-corrected chi connectivity index (χ1v) is 14.5. The molecule has 0 amide bonds. The molecule has 0 saturated heterocycles. The summed E-state index contributed by atoms with van der Waals surface area (Å²) in [5.74, 6) is -0.434. The number of fused-ring (bicyclic) bond motifs is 5. The van der Waals surface area contributed by atoms with Crippen LogP contribution in [-0.2, 0) is 0 Å². The average Bonchev–Trinajstić information content (AvgIpc) is 3.42. The van der Waals surface area contributed by atoms with Crippen LogP contribution in [0.3, 0.4) is 0 Å². The van der Waals surface area contributed by atoms with E-state index in [-0.39, 0.29) is 27.3 Å². The predicted octanol–water partition coefficient (Wildman–Crippen LogP) is 5.00. The fourth-order valence-corrected chi connectivity index (χ4v) is 6.54. The van der Waals surface area contributed by atoms with E-state index in [0.717, 1.165) is 54.6 Å². The summed E-state index contributed by atoms with van der Waals surface area (Å²) in [6.07, 6.45) is 0. The second-order valence-corrected chi connectivity index (χ2v) is 11.3. The third kappa shape index (κ3) is 4.21. The van der Waals surface area contributed by atoms with Gasteiger partial charge in [0.1, 0.15) is 56.2 Å². The van der Waals surface area contributed by atoms with Crippen molar-refractivity contribution in [3.63, 3.8) is 0 Å². The topological polar surface area (TPSA) is 13.1 Å². The fraction of sp³-hybridized carbons (Fsp3) is 0. The Kier molecular flexibility index (Phi) is 6.36. The smallest absolute Gasteiger partial charge is 0.136 e. The van der Waals surface area contributed by atoms with E-state index in [1.807, 2.05) is 54.6 Å². The van der Waals surface area contributed by atoms with Gasteiger partial charge in [0, 0.05) is 16.3 Å². The fourth-order valence-electron chi connectivity index (χ4n) is 6.54. The number of hydrogen-bond donors (Lipinski definition) is 0. The Morgan fingerprint density at radius 2 is 1.02 bits per heavy atom. The van der Waals surface area contributed by atoms with Crippen LogP contribution in [0.5, 0.6) is 0 Å². The number of furan rings is 1. The summed E-state index contributed by atoms with van der Waals surface area (Å²) in [5.41, 5.74) is 6.16. The standard InChI is InChI=1S/C38H18B5FO/c39-34-33(35(40)37(42)38(43)36(34)41)26-10-5-11-29(44)32(26)25-14-13-22(23-8-3-4-9-24(23)25)21-12-15-30-27(17-21)28-16-19-6-1-2-7-20(19)18-31(28)45-30/h1-18H. The predicted molar refractivity (Wildman–Crippen MR) is 192 cm³/mol. The highest BCUT2D eigenvalue weighted by atomic mass is 19.1. The molecule has 0 aliphatic carbocycles. The Morgan fingerprint density at radius 3 is 1.76 bits per heavy atom. The van der Waals surface area contributed by atoms with Gasteiger partial charge in [0.15, 0.2) is 0 Å². The lowest BCUT2D eigenvalue weighted by Gasteiger charge is -2.24. The van der Waals surface area contributed by atoms with Crippen LogP contribution in [0.4, 0.5) is 4.39 Å². The second kappa shape index (κ2) is 10.3. The molecule has 7 heteroatoms. The van der Waals surface area contributed by atoms with Gasteiger partial charge in [0.2, 0.25) is 0 Å². The van der Waals surface area contributed by atoms with Crippen LogP contribution < -0.4 is 27.3 Å². The summed E-state index contributed by atoms with van der Waals surface area (Å²) in [6, 6.07) is 35.4. The molecule has 198 valence electrons. The van der Waals surface area contributed by atoms with Crippen LogP contribution in [-0.4, -0.2) is 39.2 Å². The second-order valence-electron chi connectivity index (χ2n) is 11.3. The maximum Gasteiger partial charge on any atom is 0.136 e. The largest absolute Gasteiger partial charge is 0.456 e. The molecule has 0 aliphatic rings. The normalized spacial score (nSPS) is 11.7. The Labute approximate surface area is 266 Å². The number of hydrogen-bond acceptors (Lipinski definition) is 1. The van der Waals surface area contributed by atoms with Crippen molar-refractivity contribution in [2.24, 2.45) is 0 Å². The third-order valence-electron chi connectivity index (χ3n) is 8.82. The minimum absolute atomic E-state index is 0.108. The zero-order valence-corrected chi connectivity index (χ0v) is 24.1. The van der Waals surface area contributed by atoms with Gasteiger partial charge in [-0.2, -0.15) is 0 Å². The van der Waals surface area contributed by atoms with Gasteiger partial charge in [-0.15, -0.1) is 16.4 Å². The first-order chi connectivity index (χ1) is 21.8. The third-order valence-corrected chi connectivity index (χ3v) is 8.82. The summed E-state index contributed by atoms with van der Waals surface area (Å²) in [7, 11) is 31.3. The van der Waals surface area contributed by atoms with Crippen LogP contribution in [0, 0.1) is 5.82 Å². The molecule has 0 N–H and O–H groups in total. The number of halogens is 1. The molecular formula is C38H18B5FO. The molecule has 8 rings (SSSR count). The molecule has 45 heavy (non-hydrogen) atoms. The lowest BCUT2D eigenvalue weighted by Crippen LogP contribution is -2.55. The van der Waals surface area contributed by atoms with Crippen molar-refractivity contribution in [1.29, 1.82) is 0 Å². The van der Waals surface area contributed by atoms with E-state index in [0.29, 0.717) is 22.3 Å². The van der Waals surface area contributed by atoms with Gasteiger partial charge in [-0.25, -0.2) is 4.39 Å². The maximum atomic E-state index is 15.9. The van der Waals surface area contributed by atoms with Gasteiger partial charge in [-0.1, -0.05) is 89.8 Å². The van der Waals surface area contributed by atoms with Crippen LogP contribution in [0.1, 0.15) is 0 Å². The zero-order chi connectivity index (χ0) is 31.0. The highest BCUT2D eigenvalue weighted by Gasteiger charge is 2.21. The lowest BCUT2D eigenvalue weighted by atomic mass is 9.59. The first kappa shape index (κ1) is 27.6. The van der Waals surface area contributed by atoms with Crippen LogP contribution >= 0.6 is 0 Å². The van der Waals surface area contributed by atoms with Crippen LogP contribution in [0.15, 0.2) is 114 Å². The van der Waals surface area contributed by atoms with E-state index in [9.17, 15) is 0 Å². The molecule has 10 radical (unpaired) electrons. The van der Waals surface area contributed by atoms with Crippen molar-refractivity contribution < 1.29 is 8.81 Å². The van der Waals surface area contributed by atoms with E-state index < -0.39 is 5.82 Å². The summed E-state index contributed by atoms with van der Waals surface area (Å²) in [5, 5.41) is 6.18. The van der Waals surface area contributed by atoms with E-state index in [1.165, 1.54) is 6.07 Å². The molecule has 0 atom stereocenters. The van der Waals surface area contributed by atoms with Gasteiger partial charge in [0.05, 0.1) is 0 Å². The molecule has 1 nitrogen and oxygen atoms in total. The number of benzene rings is 7. The van der Waals surface area contributed by atoms with Crippen molar-refractivity contribution in [3.8, 4) is 33.4 Å². The highest BCUT2D eigenvalue weighted by molar-refractivity contribution is 6.68. The molecule has 0 bridgehead atoms. The molecule has 1 aromatic heterocycles. The number of rotatable bonds is 3. The Hall–Kier alpha value is -4.89. The van der Waals surface area contributed by atoms with Crippen molar-refractivity contribution in [3.05, 3.63) is 115 Å². The van der Waals surface area contributed by atoms with Gasteiger partial charge in [-0.3, -0.25) is 0 Å². The first-order valence-electron chi connectivity index (χ1n) is 14.5.